The van der Waals surface area contributed by atoms with Crippen molar-refractivity contribution in [2.24, 2.45) is 5.92 Å². The Labute approximate surface area is 181 Å². The molecular weight excluding hydrogens is 436 g/mol. The van der Waals surface area contributed by atoms with Crippen molar-refractivity contribution < 1.29 is 8.78 Å². The number of benzene rings is 1. The van der Waals surface area contributed by atoms with E-state index in [0.29, 0.717) is 24.8 Å². The van der Waals surface area contributed by atoms with E-state index in [0.717, 1.165) is 37.1 Å². The lowest BCUT2D eigenvalue weighted by molar-refractivity contribution is -0.0472. The van der Waals surface area contributed by atoms with Crippen LogP contribution < -0.4 is 10.6 Å². The number of fused-ring (bicyclic) bond motifs is 1. The van der Waals surface area contributed by atoms with E-state index >= 15 is 0 Å². The Balaban J connectivity index is 0.00000240. The molecule has 0 spiro atoms. The van der Waals surface area contributed by atoms with Gasteiger partial charge in [-0.05, 0) is 81.4 Å². The number of aromatic nitrogens is 1. The van der Waals surface area contributed by atoms with Gasteiger partial charge in [-0.3, -0.25) is 0 Å². The number of hydrogen-bond acceptors (Lipinski definition) is 2. The molecule has 2 aliphatic rings. The fourth-order valence-corrected chi connectivity index (χ4v) is 5.05. The van der Waals surface area contributed by atoms with Crippen LogP contribution in [0.5, 0.6) is 0 Å². The smallest absolute Gasteiger partial charge is 0.248 e. The Morgan fingerprint density at radius 1 is 1.14 bits per heavy atom. The zero-order valence-corrected chi connectivity index (χ0v) is 17.9. The average Bonchev–Trinajstić information content (AvgIpc) is 3.01. The molecule has 162 valence electrons. The highest BCUT2D eigenvalue weighted by atomic mass is 79.9. The third-order valence-electron chi connectivity index (χ3n) is 6.38. The number of piperidine rings is 1. The van der Waals surface area contributed by atoms with Crippen molar-refractivity contribution in [3.8, 4) is 0 Å². The van der Waals surface area contributed by atoms with E-state index in [1.165, 1.54) is 29.3 Å². The average molecular weight is 470 g/mol. The topological polar surface area (TPSA) is 29.0 Å². The fraction of sp³-hybridized carbons (Fsp3) is 0.652. The molecule has 0 atom stereocenters. The predicted molar refractivity (Wildman–Crippen MR) is 121 cm³/mol. The van der Waals surface area contributed by atoms with Crippen LogP contribution in [0.15, 0.2) is 28.9 Å². The van der Waals surface area contributed by atoms with Crippen LogP contribution in [-0.4, -0.2) is 36.2 Å². The van der Waals surface area contributed by atoms with Gasteiger partial charge in [0.1, 0.15) is 0 Å². The molecule has 2 aromatic rings. The summed E-state index contributed by atoms with van der Waals surface area (Å²) >= 11 is 3.60. The third-order valence-corrected chi connectivity index (χ3v) is 6.88. The van der Waals surface area contributed by atoms with E-state index < -0.39 is 5.92 Å². The monoisotopic (exact) mass is 469 g/mol. The summed E-state index contributed by atoms with van der Waals surface area (Å²) in [7, 11) is 0. The number of nitrogens with one attached hydrogen (secondary N) is 2. The lowest BCUT2D eigenvalue weighted by Gasteiger charge is -2.28. The summed E-state index contributed by atoms with van der Waals surface area (Å²) in [6.07, 6.45) is 6.95. The number of nitrogens with zero attached hydrogens (tertiary/aromatic N) is 1. The third kappa shape index (κ3) is 5.80. The van der Waals surface area contributed by atoms with Gasteiger partial charge in [-0.1, -0.05) is 23.4 Å². The zero-order valence-electron chi connectivity index (χ0n) is 16.3. The van der Waals surface area contributed by atoms with E-state index in [-0.39, 0.29) is 20.3 Å². The molecule has 0 bridgehead atoms. The van der Waals surface area contributed by atoms with Crippen molar-refractivity contribution >= 4 is 26.8 Å². The molecule has 1 aromatic heterocycles. The summed E-state index contributed by atoms with van der Waals surface area (Å²) < 4.78 is 30.4. The van der Waals surface area contributed by atoms with Gasteiger partial charge < -0.3 is 15.2 Å². The molecule has 0 radical (unpaired) electrons. The summed E-state index contributed by atoms with van der Waals surface area (Å²) in [6.45, 7) is 4.02. The number of hydrogen-bond donors (Lipinski definition) is 2. The second-order valence-corrected chi connectivity index (χ2v) is 9.41. The largest absolute Gasteiger partial charge is 0.347 e. The van der Waals surface area contributed by atoms with Gasteiger partial charge in [0.15, 0.2) is 0 Å². The minimum atomic E-state index is -2.45. The molecule has 0 amide bonds. The van der Waals surface area contributed by atoms with Crippen LogP contribution in [0.2, 0.25) is 0 Å². The molecular formula is C23H34BrF2N3. The predicted octanol–water partition coefficient (Wildman–Crippen LogP) is 5.75. The molecule has 4 rings (SSSR count). The Kier molecular flexibility index (Phi) is 7.74. The van der Waals surface area contributed by atoms with Crippen LogP contribution in [0.3, 0.4) is 0 Å². The molecule has 2 N–H and O–H groups in total. The number of alkyl halides is 2. The quantitative estimate of drug-likeness (QED) is 0.563. The van der Waals surface area contributed by atoms with E-state index in [2.05, 4.69) is 55.5 Å². The standard InChI is InChI=1S/C22H30BrF2N3.CH4/c23-18-1-2-21-20(13-18)17(5-12-27-19-6-10-26-11-7-19)15-28(21)14-16-3-8-22(24,25)9-4-16;/h1-2,13,15-16,19,26-27H,3-12,14H2;1H4. The first-order chi connectivity index (χ1) is 13.5. The van der Waals surface area contributed by atoms with Gasteiger partial charge in [-0.15, -0.1) is 0 Å². The van der Waals surface area contributed by atoms with E-state index in [9.17, 15) is 8.78 Å². The van der Waals surface area contributed by atoms with Crippen molar-refractivity contribution in [1.82, 2.24) is 15.2 Å². The van der Waals surface area contributed by atoms with Crippen LogP contribution in [0.1, 0.15) is 51.5 Å². The van der Waals surface area contributed by atoms with Crippen LogP contribution >= 0.6 is 15.9 Å². The number of rotatable bonds is 6. The van der Waals surface area contributed by atoms with Crippen molar-refractivity contribution in [1.29, 1.82) is 0 Å². The Bertz CT molecular complexity index is 789. The first kappa shape index (κ1) is 22.7. The highest BCUT2D eigenvalue weighted by molar-refractivity contribution is 9.10. The summed E-state index contributed by atoms with van der Waals surface area (Å²) in [6, 6.07) is 7.04. The fourth-order valence-electron chi connectivity index (χ4n) is 4.69. The van der Waals surface area contributed by atoms with Gasteiger partial charge in [0.25, 0.3) is 0 Å². The molecule has 1 aliphatic carbocycles. The first-order valence-electron chi connectivity index (χ1n) is 10.6. The highest BCUT2D eigenvalue weighted by Crippen LogP contribution is 2.37. The summed E-state index contributed by atoms with van der Waals surface area (Å²) in [5.74, 6) is -2.11. The molecule has 1 aromatic carbocycles. The molecule has 2 fully saturated rings. The SMILES string of the molecule is C.FC1(F)CCC(Cn2cc(CCNC3CCNCC3)c3cc(Br)ccc32)CC1. The summed E-state index contributed by atoms with van der Waals surface area (Å²) in [5.41, 5.74) is 2.57. The van der Waals surface area contributed by atoms with Crippen LogP contribution in [0.4, 0.5) is 8.78 Å². The summed E-state index contributed by atoms with van der Waals surface area (Å²) in [5, 5.41) is 8.39. The van der Waals surface area contributed by atoms with Crippen molar-refractivity contribution in [3.05, 3.63) is 34.4 Å². The molecule has 1 aliphatic heterocycles. The molecule has 1 saturated carbocycles. The van der Waals surface area contributed by atoms with Gasteiger partial charge in [0.05, 0.1) is 0 Å². The highest BCUT2D eigenvalue weighted by Gasteiger charge is 2.35. The maximum Gasteiger partial charge on any atom is 0.248 e. The molecule has 1 saturated heterocycles. The molecule has 2 heterocycles. The summed E-state index contributed by atoms with van der Waals surface area (Å²) in [4.78, 5) is 0. The lowest BCUT2D eigenvalue weighted by Crippen LogP contribution is -2.40. The van der Waals surface area contributed by atoms with Gasteiger partial charge in [0.2, 0.25) is 5.92 Å². The van der Waals surface area contributed by atoms with Gasteiger partial charge in [0, 0.05) is 47.0 Å². The first-order valence-corrected chi connectivity index (χ1v) is 11.4. The minimum Gasteiger partial charge on any atom is -0.347 e. The van der Waals surface area contributed by atoms with Gasteiger partial charge in [-0.25, -0.2) is 8.78 Å². The van der Waals surface area contributed by atoms with Crippen LogP contribution in [0.25, 0.3) is 10.9 Å². The maximum absolute atomic E-state index is 13.5. The van der Waals surface area contributed by atoms with E-state index in [1.807, 2.05) is 0 Å². The molecule has 3 nitrogen and oxygen atoms in total. The molecule has 0 unspecified atom stereocenters. The maximum atomic E-state index is 13.5. The van der Waals surface area contributed by atoms with Crippen LogP contribution in [0, 0.1) is 5.92 Å². The minimum absolute atomic E-state index is 0. The lowest BCUT2D eigenvalue weighted by atomic mass is 9.87. The normalized spacial score (nSPS) is 20.7. The zero-order chi connectivity index (χ0) is 19.6. The number of halogens is 3. The van der Waals surface area contributed by atoms with Gasteiger partial charge >= 0.3 is 0 Å². The van der Waals surface area contributed by atoms with E-state index in [4.69, 9.17) is 0 Å². The molecule has 29 heavy (non-hydrogen) atoms. The van der Waals surface area contributed by atoms with Crippen molar-refractivity contribution in [3.63, 3.8) is 0 Å². The second kappa shape index (κ2) is 9.88. The Hall–Kier alpha value is -0.980. The van der Waals surface area contributed by atoms with E-state index in [1.54, 1.807) is 0 Å². The molecule has 6 heteroatoms. The van der Waals surface area contributed by atoms with Crippen molar-refractivity contribution in [2.75, 3.05) is 19.6 Å². The Morgan fingerprint density at radius 2 is 1.86 bits per heavy atom. The van der Waals surface area contributed by atoms with Gasteiger partial charge in [-0.2, -0.15) is 0 Å². The van der Waals surface area contributed by atoms with Crippen molar-refractivity contribution in [2.45, 2.75) is 70.9 Å². The second-order valence-electron chi connectivity index (χ2n) is 8.50. The Morgan fingerprint density at radius 3 is 2.59 bits per heavy atom. The van der Waals surface area contributed by atoms with Crippen LogP contribution in [-0.2, 0) is 13.0 Å².